The Balaban J connectivity index is 5.03. The fourth-order valence-corrected chi connectivity index (χ4v) is 4.62. The topological polar surface area (TPSA) is 49.8 Å². The second-order valence-corrected chi connectivity index (χ2v) is 8.41. The zero-order valence-corrected chi connectivity index (χ0v) is 14.5. The van der Waals surface area contributed by atoms with Crippen LogP contribution in [0.5, 0.6) is 0 Å². The predicted molar refractivity (Wildman–Crippen MR) is 78.5 cm³/mol. The maximum absolute atomic E-state index is 5.51. The van der Waals surface area contributed by atoms with Gasteiger partial charge in [0.2, 0.25) is 0 Å². The molecule has 7 nitrogen and oxygen atoms in total. The smallest absolute Gasteiger partial charge is 0.197 e. The molecule has 0 aromatic heterocycles. The van der Waals surface area contributed by atoms with E-state index in [0.29, 0.717) is 0 Å². The lowest BCUT2D eigenvalue weighted by Crippen LogP contribution is -2.31. The Morgan fingerprint density at radius 3 is 1.58 bits per heavy atom. The highest BCUT2D eigenvalue weighted by atomic mass is 31.2. The third-order valence-electron chi connectivity index (χ3n) is 2.63. The second-order valence-electron chi connectivity index (χ2n) is 4.77. The molecule has 0 aliphatic carbocycles. The van der Waals surface area contributed by atoms with E-state index in [9.17, 15) is 0 Å². The minimum absolute atomic E-state index is 0.323. The number of ether oxygens (including phenoxy) is 2. The lowest BCUT2D eigenvalue weighted by Gasteiger charge is -2.40. The van der Waals surface area contributed by atoms with Gasteiger partial charge in [-0.2, -0.15) is 0 Å². The zero-order chi connectivity index (χ0) is 15.2. The SMILES string of the molecule is COC(C)OC(C)ON=P(N(C)C)(N(C)C)N(C)C. The van der Waals surface area contributed by atoms with Crippen LogP contribution >= 0.6 is 7.51 Å². The summed E-state index contributed by atoms with van der Waals surface area (Å²) in [5, 5.41) is 0. The van der Waals surface area contributed by atoms with Crippen LogP contribution in [0, 0.1) is 0 Å². The molecule has 0 saturated heterocycles. The van der Waals surface area contributed by atoms with Crippen LogP contribution in [0.25, 0.3) is 0 Å². The van der Waals surface area contributed by atoms with Gasteiger partial charge in [0.25, 0.3) is 0 Å². The molecule has 0 aliphatic heterocycles. The van der Waals surface area contributed by atoms with Crippen LogP contribution in [-0.4, -0.2) is 76.0 Å². The van der Waals surface area contributed by atoms with Crippen LogP contribution in [0.2, 0.25) is 0 Å². The van der Waals surface area contributed by atoms with Crippen LogP contribution in [0.1, 0.15) is 13.8 Å². The molecule has 0 rings (SSSR count). The standard InChI is InChI=1S/C11H29N4O3P/c1-10(16-9)17-11(2)18-12-19(13(3)4,14(5)6)15(7)8/h10-11H,1-9H3. The first kappa shape index (κ1) is 19.0. The summed E-state index contributed by atoms with van der Waals surface area (Å²) in [6.07, 6.45) is -0.787. The van der Waals surface area contributed by atoms with Gasteiger partial charge in [-0.1, -0.05) is 0 Å². The molecule has 116 valence electrons. The summed E-state index contributed by atoms with van der Waals surface area (Å²) in [7, 11) is 11.5. The minimum atomic E-state index is -2.04. The van der Waals surface area contributed by atoms with E-state index in [1.807, 2.05) is 49.2 Å². The highest BCUT2D eigenvalue weighted by Gasteiger charge is 2.29. The molecule has 0 fully saturated rings. The van der Waals surface area contributed by atoms with Crippen molar-refractivity contribution in [3.63, 3.8) is 0 Å². The molecule has 0 N–H and O–H groups in total. The zero-order valence-electron chi connectivity index (χ0n) is 13.6. The Hall–Kier alpha value is -0.0100. The molecule has 0 heterocycles. The largest absolute Gasteiger partial charge is 0.356 e. The van der Waals surface area contributed by atoms with E-state index >= 15 is 0 Å². The predicted octanol–water partition coefficient (Wildman–Crippen LogP) is 1.90. The summed E-state index contributed by atoms with van der Waals surface area (Å²) in [6, 6.07) is 0. The quantitative estimate of drug-likeness (QED) is 0.387. The van der Waals surface area contributed by atoms with E-state index in [-0.39, 0.29) is 6.29 Å². The lowest BCUT2D eigenvalue weighted by atomic mass is 10.7. The molecule has 0 aliphatic rings. The molecular formula is C11H29N4O3P. The van der Waals surface area contributed by atoms with E-state index < -0.39 is 13.8 Å². The van der Waals surface area contributed by atoms with Crippen molar-refractivity contribution in [2.75, 3.05) is 49.4 Å². The molecule has 0 amide bonds. The number of nitrogens with zero attached hydrogens (tertiary/aromatic N) is 4. The lowest BCUT2D eigenvalue weighted by molar-refractivity contribution is -0.223. The summed E-state index contributed by atoms with van der Waals surface area (Å²) >= 11 is 0. The normalized spacial score (nSPS) is 16.2. The van der Waals surface area contributed by atoms with Crippen molar-refractivity contribution in [1.82, 2.24) is 14.0 Å². The molecule has 0 aromatic rings. The van der Waals surface area contributed by atoms with Crippen molar-refractivity contribution < 1.29 is 14.3 Å². The van der Waals surface area contributed by atoms with E-state index in [0.717, 1.165) is 0 Å². The van der Waals surface area contributed by atoms with Crippen LogP contribution < -0.4 is 0 Å². The van der Waals surface area contributed by atoms with E-state index in [2.05, 4.69) is 18.9 Å². The second kappa shape index (κ2) is 8.32. The molecule has 0 aromatic carbocycles. The van der Waals surface area contributed by atoms with Crippen molar-refractivity contribution in [2.24, 2.45) is 4.91 Å². The van der Waals surface area contributed by atoms with Gasteiger partial charge in [0.05, 0.1) is 0 Å². The molecule has 19 heavy (non-hydrogen) atoms. The third kappa shape index (κ3) is 5.11. The molecular weight excluding hydrogens is 267 g/mol. The van der Waals surface area contributed by atoms with Crippen LogP contribution in [0.4, 0.5) is 0 Å². The highest BCUT2D eigenvalue weighted by molar-refractivity contribution is 7.58. The van der Waals surface area contributed by atoms with Crippen molar-refractivity contribution in [2.45, 2.75) is 26.4 Å². The molecule has 0 spiro atoms. The number of hydrogen-bond donors (Lipinski definition) is 0. The van der Waals surface area contributed by atoms with E-state index in [1.165, 1.54) is 0 Å². The summed E-state index contributed by atoms with van der Waals surface area (Å²) in [5.74, 6) is 0. The van der Waals surface area contributed by atoms with Crippen LogP contribution in [0.15, 0.2) is 4.91 Å². The Morgan fingerprint density at radius 2 is 1.26 bits per heavy atom. The maximum Gasteiger partial charge on any atom is 0.197 e. The number of methoxy groups -OCH3 is 1. The Kier molecular flexibility index (Phi) is 8.31. The highest BCUT2D eigenvalue weighted by Crippen LogP contribution is 2.54. The van der Waals surface area contributed by atoms with Gasteiger partial charge in [-0.3, -0.25) is 14.0 Å². The molecule has 0 bridgehead atoms. The summed E-state index contributed by atoms with van der Waals surface area (Å²) < 4.78 is 16.7. The van der Waals surface area contributed by atoms with Gasteiger partial charge in [-0.15, -0.1) is 4.91 Å². The van der Waals surface area contributed by atoms with Gasteiger partial charge in [0.15, 0.2) is 20.1 Å². The van der Waals surface area contributed by atoms with Crippen molar-refractivity contribution in [3.05, 3.63) is 0 Å². The Labute approximate surface area is 117 Å². The molecule has 2 atom stereocenters. The third-order valence-corrected chi connectivity index (χ3v) is 6.16. The summed E-state index contributed by atoms with van der Waals surface area (Å²) in [6.45, 7) is 3.61. The summed E-state index contributed by atoms with van der Waals surface area (Å²) in [4.78, 5) is 9.96. The monoisotopic (exact) mass is 296 g/mol. The van der Waals surface area contributed by atoms with Gasteiger partial charge >= 0.3 is 0 Å². The Bertz CT molecular complexity index is 282. The van der Waals surface area contributed by atoms with Crippen LogP contribution in [0.3, 0.4) is 0 Å². The molecule has 8 heteroatoms. The van der Waals surface area contributed by atoms with Gasteiger partial charge in [-0.25, -0.2) is 4.84 Å². The molecule has 2 unspecified atom stereocenters. The minimum Gasteiger partial charge on any atom is -0.356 e. The molecule has 0 radical (unpaired) electrons. The fraction of sp³-hybridized carbons (Fsp3) is 1.00. The van der Waals surface area contributed by atoms with Gasteiger partial charge in [0, 0.05) is 7.11 Å². The van der Waals surface area contributed by atoms with Gasteiger partial charge in [-0.05, 0) is 56.1 Å². The van der Waals surface area contributed by atoms with Crippen LogP contribution in [-0.2, 0) is 14.3 Å². The first-order valence-corrected chi connectivity index (χ1v) is 7.77. The van der Waals surface area contributed by atoms with Gasteiger partial charge in [0.1, 0.15) is 0 Å². The average molecular weight is 296 g/mol. The average Bonchev–Trinajstić information content (AvgIpc) is 2.27. The van der Waals surface area contributed by atoms with Crippen molar-refractivity contribution in [3.8, 4) is 0 Å². The summed E-state index contributed by atoms with van der Waals surface area (Å²) in [5.41, 5.74) is 0. The van der Waals surface area contributed by atoms with Crippen molar-refractivity contribution >= 4 is 7.51 Å². The van der Waals surface area contributed by atoms with Crippen molar-refractivity contribution in [1.29, 1.82) is 0 Å². The maximum atomic E-state index is 5.51. The first-order valence-electron chi connectivity index (χ1n) is 6.17. The first-order chi connectivity index (χ1) is 8.68. The number of rotatable bonds is 8. The number of hydrogen-bond acceptors (Lipinski definition) is 4. The van der Waals surface area contributed by atoms with E-state index in [1.54, 1.807) is 14.0 Å². The fourth-order valence-electron chi connectivity index (χ4n) is 1.77. The molecule has 0 saturated carbocycles. The Morgan fingerprint density at radius 1 is 0.842 bits per heavy atom. The van der Waals surface area contributed by atoms with E-state index in [4.69, 9.17) is 14.3 Å². The van der Waals surface area contributed by atoms with Gasteiger partial charge < -0.3 is 9.47 Å².